The normalized spacial score (nSPS) is 31.1. The van der Waals surface area contributed by atoms with Gasteiger partial charge >= 0.3 is 0 Å². The quantitative estimate of drug-likeness (QED) is 0.867. The van der Waals surface area contributed by atoms with Crippen LogP contribution in [0.25, 0.3) is 0 Å². The largest absolute Gasteiger partial charge is 0.486 e. The number of aliphatic hydroxyl groups excluding tert-OH is 1. The van der Waals surface area contributed by atoms with Gasteiger partial charge in [-0.25, -0.2) is 0 Å². The van der Waals surface area contributed by atoms with Gasteiger partial charge in [0.05, 0.1) is 25.0 Å². The first-order valence-corrected chi connectivity index (χ1v) is 6.84. The minimum absolute atomic E-state index is 0.0674. The summed E-state index contributed by atoms with van der Waals surface area (Å²) in [5.74, 6) is 0.804. The van der Waals surface area contributed by atoms with Crippen LogP contribution in [0.4, 0.5) is 0 Å². The number of hydrogen-bond acceptors (Lipinski definition) is 5. The van der Waals surface area contributed by atoms with Gasteiger partial charge in [0.2, 0.25) is 0 Å². The Morgan fingerprint density at radius 2 is 2.53 bits per heavy atom. The van der Waals surface area contributed by atoms with E-state index in [0.717, 1.165) is 38.2 Å². The molecule has 0 saturated carbocycles. The number of aromatic nitrogens is 1. The zero-order valence-electron chi connectivity index (χ0n) is 11.0. The van der Waals surface area contributed by atoms with E-state index in [1.54, 1.807) is 12.4 Å². The molecule has 0 amide bonds. The molecule has 2 aliphatic rings. The number of pyridine rings is 1. The molecule has 19 heavy (non-hydrogen) atoms. The van der Waals surface area contributed by atoms with Crippen LogP contribution in [-0.2, 0) is 4.74 Å². The smallest absolute Gasteiger partial charge is 0.138 e. The summed E-state index contributed by atoms with van der Waals surface area (Å²) in [5.41, 5.74) is -0.0674. The van der Waals surface area contributed by atoms with Crippen LogP contribution in [0.5, 0.6) is 5.75 Å². The highest BCUT2D eigenvalue weighted by molar-refractivity contribution is 5.16. The van der Waals surface area contributed by atoms with Crippen molar-refractivity contribution in [3.05, 3.63) is 24.5 Å². The van der Waals surface area contributed by atoms with Crippen LogP contribution in [0.3, 0.4) is 0 Å². The van der Waals surface area contributed by atoms with Gasteiger partial charge in [-0.15, -0.1) is 0 Å². The van der Waals surface area contributed by atoms with Crippen molar-refractivity contribution in [2.75, 3.05) is 32.8 Å². The number of nitrogens with zero attached hydrogens (tertiary/aromatic N) is 2. The molecule has 0 bridgehead atoms. The molecule has 0 unspecified atom stereocenters. The van der Waals surface area contributed by atoms with Crippen LogP contribution in [0.1, 0.15) is 12.8 Å². The molecular weight excluding hydrogens is 244 g/mol. The molecular formula is C14H20N2O3. The topological polar surface area (TPSA) is 54.8 Å². The van der Waals surface area contributed by atoms with E-state index in [9.17, 15) is 0 Å². The maximum atomic E-state index is 8.99. The second-order valence-electron chi connectivity index (χ2n) is 5.38. The van der Waals surface area contributed by atoms with Crippen LogP contribution < -0.4 is 4.74 Å². The van der Waals surface area contributed by atoms with Crippen molar-refractivity contribution in [1.29, 1.82) is 0 Å². The fourth-order valence-electron chi connectivity index (χ4n) is 3.03. The molecule has 3 heterocycles. The van der Waals surface area contributed by atoms with Crippen LogP contribution in [0.2, 0.25) is 0 Å². The zero-order valence-corrected chi connectivity index (χ0v) is 11.0. The van der Waals surface area contributed by atoms with Crippen molar-refractivity contribution in [3.63, 3.8) is 0 Å². The standard InChI is InChI=1S/C14H20N2O3/c17-7-6-16-5-3-14(11-16)8-13(10-18-14)19-12-2-1-4-15-9-12/h1-2,4,9,13,17H,3,5-8,10-11H2/t13-,14+/m1/s1. The van der Waals surface area contributed by atoms with E-state index in [1.165, 1.54) is 0 Å². The van der Waals surface area contributed by atoms with Crippen molar-refractivity contribution < 1.29 is 14.6 Å². The number of rotatable bonds is 4. The second-order valence-corrected chi connectivity index (χ2v) is 5.38. The molecule has 1 aromatic rings. The van der Waals surface area contributed by atoms with Gasteiger partial charge in [0, 0.05) is 32.3 Å². The Hall–Kier alpha value is -1.17. The van der Waals surface area contributed by atoms with Gasteiger partial charge in [-0.2, -0.15) is 0 Å². The first kappa shape index (κ1) is 12.8. The molecule has 3 rings (SSSR count). The van der Waals surface area contributed by atoms with E-state index < -0.39 is 0 Å². The lowest BCUT2D eigenvalue weighted by atomic mass is 9.98. The van der Waals surface area contributed by atoms with E-state index in [2.05, 4.69) is 9.88 Å². The van der Waals surface area contributed by atoms with Gasteiger partial charge in [-0.05, 0) is 18.6 Å². The number of aliphatic hydroxyl groups is 1. The lowest BCUT2D eigenvalue weighted by molar-refractivity contribution is 0.00896. The Labute approximate surface area is 113 Å². The monoisotopic (exact) mass is 264 g/mol. The van der Waals surface area contributed by atoms with Gasteiger partial charge in [0.1, 0.15) is 11.9 Å². The first-order chi connectivity index (χ1) is 9.30. The minimum atomic E-state index is -0.0674. The summed E-state index contributed by atoms with van der Waals surface area (Å²) >= 11 is 0. The van der Waals surface area contributed by atoms with Gasteiger partial charge in [0.15, 0.2) is 0 Å². The average Bonchev–Trinajstić information content (AvgIpc) is 2.99. The second kappa shape index (κ2) is 5.45. The predicted molar refractivity (Wildman–Crippen MR) is 70.1 cm³/mol. The average molecular weight is 264 g/mol. The molecule has 5 heteroatoms. The van der Waals surface area contributed by atoms with Gasteiger partial charge < -0.3 is 14.6 Å². The van der Waals surface area contributed by atoms with Crippen LogP contribution in [0.15, 0.2) is 24.5 Å². The summed E-state index contributed by atoms with van der Waals surface area (Å²) in [7, 11) is 0. The SMILES string of the molecule is OCCN1CC[C@]2(C[C@@H](Oc3cccnc3)CO2)C1. The van der Waals surface area contributed by atoms with Crippen molar-refractivity contribution in [3.8, 4) is 5.75 Å². The highest BCUT2D eigenvalue weighted by Crippen LogP contribution is 2.36. The lowest BCUT2D eigenvalue weighted by Crippen LogP contribution is -2.34. The minimum Gasteiger partial charge on any atom is -0.486 e. The highest BCUT2D eigenvalue weighted by atomic mass is 16.6. The third-order valence-corrected chi connectivity index (χ3v) is 3.92. The Morgan fingerprint density at radius 3 is 3.32 bits per heavy atom. The van der Waals surface area contributed by atoms with E-state index >= 15 is 0 Å². The fraction of sp³-hybridized carbons (Fsp3) is 0.643. The van der Waals surface area contributed by atoms with Crippen molar-refractivity contribution in [1.82, 2.24) is 9.88 Å². The lowest BCUT2D eigenvalue weighted by Gasteiger charge is -2.23. The first-order valence-electron chi connectivity index (χ1n) is 6.84. The number of likely N-dealkylation sites (tertiary alicyclic amines) is 1. The van der Waals surface area contributed by atoms with Gasteiger partial charge in [-0.1, -0.05) is 0 Å². The zero-order chi connectivity index (χ0) is 13.1. The third-order valence-electron chi connectivity index (χ3n) is 3.92. The molecule has 104 valence electrons. The maximum absolute atomic E-state index is 8.99. The molecule has 1 aromatic heterocycles. The van der Waals surface area contributed by atoms with Crippen LogP contribution >= 0.6 is 0 Å². The van der Waals surface area contributed by atoms with Gasteiger partial charge in [0.25, 0.3) is 0 Å². The van der Waals surface area contributed by atoms with Gasteiger partial charge in [-0.3, -0.25) is 9.88 Å². The molecule has 0 aliphatic carbocycles. The van der Waals surface area contributed by atoms with Crippen molar-refractivity contribution >= 4 is 0 Å². The Kier molecular flexibility index (Phi) is 3.68. The van der Waals surface area contributed by atoms with E-state index in [0.29, 0.717) is 6.61 Å². The van der Waals surface area contributed by atoms with Crippen molar-refractivity contribution in [2.24, 2.45) is 0 Å². The number of ether oxygens (including phenoxy) is 2. The molecule has 2 fully saturated rings. The van der Waals surface area contributed by atoms with E-state index in [-0.39, 0.29) is 18.3 Å². The van der Waals surface area contributed by atoms with E-state index in [4.69, 9.17) is 14.6 Å². The summed E-state index contributed by atoms with van der Waals surface area (Å²) in [6, 6.07) is 3.80. The Bertz CT molecular complexity index is 414. The highest BCUT2D eigenvalue weighted by Gasteiger charge is 2.46. The summed E-state index contributed by atoms with van der Waals surface area (Å²) in [6.45, 7) is 3.49. The summed E-state index contributed by atoms with van der Waals surface area (Å²) < 4.78 is 11.9. The number of hydrogen-bond donors (Lipinski definition) is 1. The fourth-order valence-corrected chi connectivity index (χ4v) is 3.03. The maximum Gasteiger partial charge on any atom is 0.138 e. The van der Waals surface area contributed by atoms with E-state index in [1.807, 2.05) is 12.1 Å². The van der Waals surface area contributed by atoms with Crippen LogP contribution in [0, 0.1) is 0 Å². The Morgan fingerprint density at radius 1 is 1.58 bits per heavy atom. The summed E-state index contributed by atoms with van der Waals surface area (Å²) in [4.78, 5) is 6.31. The van der Waals surface area contributed by atoms with Crippen molar-refractivity contribution in [2.45, 2.75) is 24.5 Å². The predicted octanol–water partition coefficient (Wildman–Crippen LogP) is 0.686. The molecule has 2 aliphatic heterocycles. The number of β-amino-alcohol motifs (C(OH)–C–C–N with tert-alkyl or cyclic N) is 1. The van der Waals surface area contributed by atoms with Crippen LogP contribution in [-0.4, -0.2) is 59.5 Å². The molecule has 5 nitrogen and oxygen atoms in total. The third kappa shape index (κ3) is 2.88. The summed E-state index contributed by atoms with van der Waals surface area (Å²) in [5, 5.41) is 8.99. The Balaban J connectivity index is 1.56. The molecule has 2 saturated heterocycles. The summed E-state index contributed by atoms with van der Waals surface area (Å²) in [6.07, 6.45) is 5.53. The molecule has 0 aromatic carbocycles. The molecule has 1 spiro atoms. The molecule has 1 N–H and O–H groups in total. The molecule has 0 radical (unpaired) electrons. The molecule has 2 atom stereocenters.